The molecule has 2 aromatic carbocycles. The summed E-state index contributed by atoms with van der Waals surface area (Å²) in [6.07, 6.45) is -0.166. The third-order valence-corrected chi connectivity index (χ3v) is 3.05. The van der Waals surface area contributed by atoms with Crippen LogP contribution in [0.2, 0.25) is 0 Å². The molecule has 5 nitrogen and oxygen atoms in total. The summed E-state index contributed by atoms with van der Waals surface area (Å²) in [6, 6.07) is 12.4. The highest BCUT2D eigenvalue weighted by molar-refractivity contribution is 5.92. The summed E-state index contributed by atoms with van der Waals surface area (Å²) >= 11 is 0. The van der Waals surface area contributed by atoms with Gasteiger partial charge in [0, 0.05) is 5.69 Å². The second-order valence-electron chi connectivity index (χ2n) is 5.02. The summed E-state index contributed by atoms with van der Waals surface area (Å²) in [7, 11) is 0. The van der Waals surface area contributed by atoms with Crippen LogP contribution in [0.25, 0.3) is 0 Å². The summed E-state index contributed by atoms with van der Waals surface area (Å²) < 4.78 is 28.7. The number of benzene rings is 2. The van der Waals surface area contributed by atoms with Gasteiger partial charge in [0.15, 0.2) is 0 Å². The first kappa shape index (κ1) is 17.4. The molecule has 0 aliphatic carbocycles. The van der Waals surface area contributed by atoms with Crippen molar-refractivity contribution in [1.29, 1.82) is 0 Å². The molecule has 0 bridgehead atoms. The zero-order valence-electron chi connectivity index (χ0n) is 12.5. The van der Waals surface area contributed by atoms with Gasteiger partial charge in [0.05, 0.1) is 12.8 Å². The van der Waals surface area contributed by atoms with E-state index in [1.54, 1.807) is 30.3 Å². The summed E-state index contributed by atoms with van der Waals surface area (Å²) in [6.45, 7) is -2.92. The number of carboxylic acids is 1. The molecule has 2 N–H and O–H groups in total. The van der Waals surface area contributed by atoms with Gasteiger partial charge in [-0.15, -0.1) is 0 Å². The molecule has 0 spiro atoms. The molecule has 0 aliphatic heterocycles. The number of anilines is 1. The van der Waals surface area contributed by atoms with Gasteiger partial charge in [-0.25, -0.2) is 0 Å². The van der Waals surface area contributed by atoms with Gasteiger partial charge in [0.2, 0.25) is 5.91 Å². The van der Waals surface area contributed by atoms with E-state index in [1.165, 1.54) is 18.2 Å². The first-order chi connectivity index (χ1) is 11.4. The molecule has 126 valence electrons. The fourth-order valence-electron chi connectivity index (χ4n) is 2.16. The summed E-state index contributed by atoms with van der Waals surface area (Å²) in [5.74, 6) is -1.33. The van der Waals surface area contributed by atoms with Crippen LogP contribution in [0.1, 0.15) is 11.1 Å². The Hall–Kier alpha value is -2.96. The molecular formula is C17H15F2NO4. The molecule has 0 unspecified atom stereocenters. The van der Waals surface area contributed by atoms with Crippen LogP contribution in [-0.2, 0) is 22.4 Å². The van der Waals surface area contributed by atoms with E-state index in [-0.39, 0.29) is 24.5 Å². The Balaban J connectivity index is 1.99. The lowest BCUT2D eigenvalue weighted by molar-refractivity contribution is -0.136. The van der Waals surface area contributed by atoms with Crippen molar-refractivity contribution < 1.29 is 28.2 Å². The minimum absolute atomic E-state index is 0.0150. The van der Waals surface area contributed by atoms with Gasteiger partial charge in [-0.1, -0.05) is 24.3 Å². The number of aliphatic carboxylic acids is 1. The number of hydrogen-bond acceptors (Lipinski definition) is 3. The molecule has 0 aliphatic rings. The van der Waals surface area contributed by atoms with Crippen molar-refractivity contribution in [2.75, 3.05) is 5.32 Å². The Bertz CT molecular complexity index is 734. The zero-order valence-corrected chi connectivity index (χ0v) is 12.5. The van der Waals surface area contributed by atoms with Crippen LogP contribution >= 0.6 is 0 Å². The molecule has 0 radical (unpaired) electrons. The second-order valence-corrected chi connectivity index (χ2v) is 5.02. The van der Waals surface area contributed by atoms with Crippen molar-refractivity contribution in [1.82, 2.24) is 0 Å². The van der Waals surface area contributed by atoms with Gasteiger partial charge in [0.25, 0.3) is 0 Å². The highest BCUT2D eigenvalue weighted by Gasteiger charge is 2.09. The zero-order chi connectivity index (χ0) is 17.5. The van der Waals surface area contributed by atoms with E-state index in [0.29, 0.717) is 16.8 Å². The smallest absolute Gasteiger partial charge is 0.387 e. The minimum Gasteiger partial charge on any atom is -0.481 e. The molecule has 7 heteroatoms. The highest BCUT2D eigenvalue weighted by Crippen LogP contribution is 2.17. The Morgan fingerprint density at radius 1 is 1.04 bits per heavy atom. The van der Waals surface area contributed by atoms with Crippen LogP contribution in [0.4, 0.5) is 14.5 Å². The van der Waals surface area contributed by atoms with Crippen molar-refractivity contribution in [3.05, 3.63) is 59.7 Å². The fraction of sp³-hybridized carbons (Fsp3) is 0.176. The number of carbonyl (C=O) groups is 2. The molecule has 0 heterocycles. The van der Waals surface area contributed by atoms with Crippen molar-refractivity contribution >= 4 is 17.6 Å². The van der Waals surface area contributed by atoms with Crippen molar-refractivity contribution in [3.63, 3.8) is 0 Å². The number of amides is 1. The quantitative estimate of drug-likeness (QED) is 0.815. The molecule has 2 aromatic rings. The molecule has 1 amide bonds. The number of hydrogen-bond donors (Lipinski definition) is 2. The van der Waals surface area contributed by atoms with E-state index >= 15 is 0 Å². The second kappa shape index (κ2) is 8.05. The Morgan fingerprint density at radius 2 is 1.71 bits per heavy atom. The average Bonchev–Trinajstić information content (AvgIpc) is 2.46. The summed E-state index contributed by atoms with van der Waals surface area (Å²) in [5.41, 5.74) is 1.55. The lowest BCUT2D eigenvalue weighted by Crippen LogP contribution is -2.14. The predicted molar refractivity (Wildman–Crippen MR) is 83.2 cm³/mol. The maximum atomic E-state index is 12.2. The number of alkyl halides is 2. The largest absolute Gasteiger partial charge is 0.481 e. The van der Waals surface area contributed by atoms with Gasteiger partial charge in [-0.3, -0.25) is 9.59 Å². The molecular weight excluding hydrogens is 320 g/mol. The Labute approximate surface area is 136 Å². The number of nitrogens with one attached hydrogen (secondary N) is 1. The van der Waals surface area contributed by atoms with Crippen LogP contribution in [0, 0.1) is 0 Å². The molecule has 0 saturated heterocycles. The van der Waals surface area contributed by atoms with Gasteiger partial charge in [0.1, 0.15) is 5.75 Å². The number of halogens is 2. The molecule has 0 atom stereocenters. The first-order valence-electron chi connectivity index (χ1n) is 7.07. The number of carboxylic acid groups (broad SMARTS) is 1. The number of ether oxygens (including phenoxy) is 1. The van der Waals surface area contributed by atoms with Gasteiger partial charge < -0.3 is 15.2 Å². The van der Waals surface area contributed by atoms with Crippen molar-refractivity contribution in [3.8, 4) is 5.75 Å². The topological polar surface area (TPSA) is 75.6 Å². The van der Waals surface area contributed by atoms with Crippen molar-refractivity contribution in [2.45, 2.75) is 19.5 Å². The Morgan fingerprint density at radius 3 is 2.38 bits per heavy atom. The SMILES string of the molecule is O=C(O)Cc1cccc(NC(=O)Cc2cccc(OC(F)F)c2)c1. The molecule has 0 saturated carbocycles. The number of rotatable bonds is 7. The standard InChI is InChI=1S/C17H15F2NO4/c18-17(19)24-14-6-2-4-12(8-14)9-15(21)20-13-5-1-3-11(7-13)10-16(22)23/h1-8,17H,9-10H2,(H,20,21)(H,22,23). The van der Waals surface area contributed by atoms with E-state index in [1.807, 2.05) is 0 Å². The number of carbonyl (C=O) groups excluding carboxylic acids is 1. The molecule has 0 aromatic heterocycles. The van der Waals surface area contributed by atoms with E-state index in [2.05, 4.69) is 10.1 Å². The van der Waals surface area contributed by atoms with E-state index < -0.39 is 12.6 Å². The predicted octanol–water partition coefficient (Wildman–Crippen LogP) is 3.10. The van der Waals surface area contributed by atoms with Crippen LogP contribution in [0.15, 0.2) is 48.5 Å². The lowest BCUT2D eigenvalue weighted by atomic mass is 10.1. The minimum atomic E-state index is -2.92. The Kier molecular flexibility index (Phi) is 5.83. The average molecular weight is 335 g/mol. The van der Waals surface area contributed by atoms with Gasteiger partial charge in [-0.2, -0.15) is 8.78 Å². The first-order valence-corrected chi connectivity index (χ1v) is 7.07. The van der Waals surface area contributed by atoms with Crippen LogP contribution in [-0.4, -0.2) is 23.6 Å². The molecule has 0 fully saturated rings. The lowest BCUT2D eigenvalue weighted by Gasteiger charge is -2.08. The normalized spacial score (nSPS) is 10.5. The maximum Gasteiger partial charge on any atom is 0.387 e. The monoisotopic (exact) mass is 335 g/mol. The van der Waals surface area contributed by atoms with E-state index in [9.17, 15) is 18.4 Å². The highest BCUT2D eigenvalue weighted by atomic mass is 19.3. The maximum absolute atomic E-state index is 12.2. The summed E-state index contributed by atoms with van der Waals surface area (Å²) in [4.78, 5) is 22.7. The van der Waals surface area contributed by atoms with E-state index in [4.69, 9.17) is 5.11 Å². The van der Waals surface area contributed by atoms with Gasteiger partial charge in [-0.05, 0) is 35.4 Å². The summed E-state index contributed by atoms with van der Waals surface area (Å²) in [5, 5.41) is 11.4. The van der Waals surface area contributed by atoms with Crippen LogP contribution < -0.4 is 10.1 Å². The molecule has 24 heavy (non-hydrogen) atoms. The third-order valence-electron chi connectivity index (χ3n) is 3.05. The van der Waals surface area contributed by atoms with Crippen LogP contribution in [0.5, 0.6) is 5.75 Å². The van der Waals surface area contributed by atoms with Crippen LogP contribution in [0.3, 0.4) is 0 Å². The van der Waals surface area contributed by atoms with E-state index in [0.717, 1.165) is 0 Å². The molecule has 2 rings (SSSR count). The third kappa shape index (κ3) is 5.68. The van der Waals surface area contributed by atoms with Crippen molar-refractivity contribution in [2.24, 2.45) is 0 Å². The fourth-order valence-corrected chi connectivity index (χ4v) is 2.16. The van der Waals surface area contributed by atoms with Gasteiger partial charge >= 0.3 is 12.6 Å².